The summed E-state index contributed by atoms with van der Waals surface area (Å²) in [6.45, 7) is 12.2. The van der Waals surface area contributed by atoms with Crippen molar-refractivity contribution in [3.63, 3.8) is 0 Å². The van der Waals surface area contributed by atoms with Crippen LogP contribution >= 0.6 is 0 Å². The molecule has 1 heterocycles. The fourth-order valence-corrected chi connectivity index (χ4v) is 3.47. The molecule has 0 atom stereocenters. The van der Waals surface area contributed by atoms with Crippen LogP contribution in [0.2, 0.25) is 0 Å². The average molecular weight is 302 g/mol. The van der Waals surface area contributed by atoms with E-state index in [0.717, 1.165) is 44.6 Å². The Bertz CT molecular complexity index is 502. The van der Waals surface area contributed by atoms with Crippen LogP contribution in [-0.4, -0.2) is 37.0 Å². The van der Waals surface area contributed by atoms with Crippen molar-refractivity contribution in [2.45, 2.75) is 46.0 Å². The van der Waals surface area contributed by atoms with E-state index in [1.54, 1.807) is 0 Å². The second-order valence-electron chi connectivity index (χ2n) is 6.98. The summed E-state index contributed by atoms with van der Waals surface area (Å²) in [5.74, 6) is 0.981. The van der Waals surface area contributed by atoms with Crippen molar-refractivity contribution in [2.24, 2.45) is 5.92 Å². The van der Waals surface area contributed by atoms with E-state index in [9.17, 15) is 4.79 Å². The maximum atomic E-state index is 13.0. The van der Waals surface area contributed by atoms with E-state index in [0.29, 0.717) is 5.92 Å². The van der Waals surface area contributed by atoms with Crippen molar-refractivity contribution in [1.29, 1.82) is 0 Å². The Kier molecular flexibility index (Phi) is 5.63. The van der Waals surface area contributed by atoms with Crippen molar-refractivity contribution in [1.82, 2.24) is 10.2 Å². The van der Waals surface area contributed by atoms with E-state index in [1.165, 1.54) is 5.56 Å². The molecule has 1 saturated heterocycles. The molecule has 0 radical (unpaired) electrons. The van der Waals surface area contributed by atoms with Crippen LogP contribution in [-0.2, 0) is 10.2 Å². The van der Waals surface area contributed by atoms with Gasteiger partial charge in [0.1, 0.15) is 0 Å². The maximum Gasteiger partial charge on any atom is 0.232 e. The molecule has 0 spiro atoms. The molecule has 3 heteroatoms. The zero-order valence-corrected chi connectivity index (χ0v) is 14.5. The van der Waals surface area contributed by atoms with Gasteiger partial charge in [0.15, 0.2) is 0 Å². The lowest BCUT2D eigenvalue weighted by atomic mass is 9.80. The molecule has 1 N–H and O–H groups in total. The standard InChI is InChI=1S/C19H30N2O/c1-5-20-14-16-10-12-21(13-11-16)18(22)19(3,4)17-9-7-6-8-15(17)2/h6-9,16,20H,5,10-14H2,1-4H3. The molecule has 3 nitrogen and oxygen atoms in total. The molecule has 1 aliphatic rings. The molecule has 0 saturated carbocycles. The summed E-state index contributed by atoms with van der Waals surface area (Å²) in [7, 11) is 0. The third kappa shape index (κ3) is 3.70. The molecule has 1 aromatic rings. The molecule has 1 aliphatic heterocycles. The average Bonchev–Trinajstić information content (AvgIpc) is 2.53. The van der Waals surface area contributed by atoms with Crippen molar-refractivity contribution in [3.05, 3.63) is 35.4 Å². The number of carbonyl (C=O) groups is 1. The van der Waals surface area contributed by atoms with Gasteiger partial charge in [-0.25, -0.2) is 0 Å². The molecule has 1 aromatic carbocycles. The summed E-state index contributed by atoms with van der Waals surface area (Å²) in [5, 5.41) is 3.42. The van der Waals surface area contributed by atoms with E-state index in [-0.39, 0.29) is 5.91 Å². The minimum absolute atomic E-state index is 0.267. The number of aryl methyl sites for hydroxylation is 1. The summed E-state index contributed by atoms with van der Waals surface area (Å²) in [6.07, 6.45) is 2.23. The van der Waals surface area contributed by atoms with Crippen LogP contribution < -0.4 is 5.32 Å². The van der Waals surface area contributed by atoms with Crippen LogP contribution in [0.5, 0.6) is 0 Å². The minimum Gasteiger partial charge on any atom is -0.342 e. The van der Waals surface area contributed by atoms with E-state index >= 15 is 0 Å². The Morgan fingerprint density at radius 3 is 2.50 bits per heavy atom. The number of carbonyl (C=O) groups excluding carboxylic acids is 1. The van der Waals surface area contributed by atoms with Gasteiger partial charge < -0.3 is 10.2 Å². The molecule has 0 unspecified atom stereocenters. The summed E-state index contributed by atoms with van der Waals surface area (Å²) < 4.78 is 0. The first-order valence-corrected chi connectivity index (χ1v) is 8.53. The molecule has 0 bridgehead atoms. The topological polar surface area (TPSA) is 32.3 Å². The number of piperidine rings is 1. The second kappa shape index (κ2) is 7.28. The van der Waals surface area contributed by atoms with Crippen LogP contribution in [0.4, 0.5) is 0 Å². The largest absolute Gasteiger partial charge is 0.342 e. The van der Waals surface area contributed by atoms with Gasteiger partial charge in [0.05, 0.1) is 5.41 Å². The third-order valence-electron chi connectivity index (χ3n) is 4.94. The third-order valence-corrected chi connectivity index (χ3v) is 4.94. The van der Waals surface area contributed by atoms with E-state index in [2.05, 4.69) is 50.0 Å². The fraction of sp³-hybridized carbons (Fsp3) is 0.632. The van der Waals surface area contributed by atoms with Crippen molar-refractivity contribution < 1.29 is 4.79 Å². The summed E-state index contributed by atoms with van der Waals surface area (Å²) in [6, 6.07) is 8.24. The normalized spacial score (nSPS) is 16.8. The van der Waals surface area contributed by atoms with Crippen molar-refractivity contribution in [3.8, 4) is 0 Å². The Hall–Kier alpha value is -1.35. The molecule has 1 fully saturated rings. The number of hydrogen-bond acceptors (Lipinski definition) is 2. The van der Waals surface area contributed by atoms with Crippen LogP contribution in [0.25, 0.3) is 0 Å². The van der Waals surface area contributed by atoms with Gasteiger partial charge in [0.2, 0.25) is 5.91 Å². The summed E-state index contributed by atoms with van der Waals surface area (Å²) in [5.41, 5.74) is 1.90. The first-order valence-electron chi connectivity index (χ1n) is 8.53. The molecular formula is C19H30N2O. The van der Waals surface area contributed by atoms with Gasteiger partial charge in [-0.3, -0.25) is 4.79 Å². The van der Waals surface area contributed by atoms with Crippen molar-refractivity contribution >= 4 is 5.91 Å². The van der Waals surface area contributed by atoms with E-state index < -0.39 is 5.41 Å². The number of hydrogen-bond donors (Lipinski definition) is 1. The van der Waals surface area contributed by atoms with E-state index in [1.807, 2.05) is 12.1 Å². The minimum atomic E-state index is -0.445. The molecule has 0 aromatic heterocycles. The highest BCUT2D eigenvalue weighted by Gasteiger charge is 2.36. The van der Waals surface area contributed by atoms with Gasteiger partial charge in [-0.15, -0.1) is 0 Å². The van der Waals surface area contributed by atoms with Crippen LogP contribution in [0, 0.1) is 12.8 Å². The maximum absolute atomic E-state index is 13.0. The van der Waals surface area contributed by atoms with Crippen molar-refractivity contribution in [2.75, 3.05) is 26.2 Å². The van der Waals surface area contributed by atoms with Gasteiger partial charge in [0, 0.05) is 13.1 Å². The lowest BCUT2D eigenvalue weighted by molar-refractivity contribution is -0.137. The van der Waals surface area contributed by atoms with Gasteiger partial charge in [-0.05, 0) is 63.7 Å². The Morgan fingerprint density at radius 1 is 1.27 bits per heavy atom. The Morgan fingerprint density at radius 2 is 1.91 bits per heavy atom. The second-order valence-corrected chi connectivity index (χ2v) is 6.98. The molecular weight excluding hydrogens is 272 g/mol. The number of nitrogens with zero attached hydrogens (tertiary/aromatic N) is 1. The zero-order valence-electron chi connectivity index (χ0n) is 14.5. The number of rotatable bonds is 5. The Balaban J connectivity index is 2.01. The number of nitrogens with one attached hydrogen (secondary N) is 1. The van der Waals surface area contributed by atoms with Gasteiger partial charge in [-0.2, -0.15) is 0 Å². The quantitative estimate of drug-likeness (QED) is 0.906. The molecule has 0 aliphatic carbocycles. The first kappa shape index (κ1) is 17.0. The fourth-order valence-electron chi connectivity index (χ4n) is 3.47. The highest BCUT2D eigenvalue weighted by Crippen LogP contribution is 2.30. The number of likely N-dealkylation sites (tertiary alicyclic amines) is 1. The van der Waals surface area contributed by atoms with E-state index in [4.69, 9.17) is 0 Å². The molecule has 122 valence electrons. The predicted octanol–water partition coefficient (Wildman–Crippen LogP) is 3.12. The van der Waals surface area contributed by atoms with Gasteiger partial charge >= 0.3 is 0 Å². The summed E-state index contributed by atoms with van der Waals surface area (Å²) >= 11 is 0. The molecule has 2 rings (SSSR count). The number of benzene rings is 1. The predicted molar refractivity (Wildman–Crippen MR) is 92.1 cm³/mol. The monoisotopic (exact) mass is 302 g/mol. The molecule has 1 amide bonds. The zero-order chi connectivity index (χ0) is 16.2. The van der Waals surface area contributed by atoms with Crippen LogP contribution in [0.1, 0.15) is 44.7 Å². The lowest BCUT2D eigenvalue weighted by Gasteiger charge is -2.37. The highest BCUT2D eigenvalue weighted by molar-refractivity contribution is 5.87. The summed E-state index contributed by atoms with van der Waals surface area (Å²) in [4.78, 5) is 15.1. The SMILES string of the molecule is CCNCC1CCN(C(=O)C(C)(C)c2ccccc2C)CC1. The number of amides is 1. The van der Waals surface area contributed by atoms with Gasteiger partial charge in [0.25, 0.3) is 0 Å². The van der Waals surface area contributed by atoms with Crippen LogP contribution in [0.3, 0.4) is 0 Å². The Labute approximate surface area is 135 Å². The van der Waals surface area contributed by atoms with Crippen LogP contribution in [0.15, 0.2) is 24.3 Å². The highest BCUT2D eigenvalue weighted by atomic mass is 16.2. The molecule has 22 heavy (non-hydrogen) atoms. The smallest absolute Gasteiger partial charge is 0.232 e. The lowest BCUT2D eigenvalue weighted by Crippen LogP contribution is -2.48. The van der Waals surface area contributed by atoms with Gasteiger partial charge in [-0.1, -0.05) is 31.2 Å². The first-order chi connectivity index (χ1) is 10.5.